The Bertz CT molecular complexity index is 446. The molecule has 0 spiro atoms. The van der Waals surface area contributed by atoms with Crippen LogP contribution in [0.4, 0.5) is 5.69 Å². The maximum atomic E-state index is 4.69. The van der Waals surface area contributed by atoms with E-state index in [-0.39, 0.29) is 0 Å². The van der Waals surface area contributed by atoms with Gasteiger partial charge in [-0.05, 0) is 40.0 Å². The molecule has 1 atom stereocenters. The van der Waals surface area contributed by atoms with Gasteiger partial charge in [-0.1, -0.05) is 41.5 Å². The summed E-state index contributed by atoms with van der Waals surface area (Å²) in [6, 6.07) is 6.52. The molecule has 0 bridgehead atoms. The van der Waals surface area contributed by atoms with Crippen LogP contribution < -0.4 is 5.32 Å². The lowest BCUT2D eigenvalue weighted by atomic mass is 10.1. The summed E-state index contributed by atoms with van der Waals surface area (Å²) in [5.74, 6) is 1.68. The smallest absolute Gasteiger partial charge is 0.161 e. The third-order valence-electron chi connectivity index (χ3n) is 2.61. The summed E-state index contributed by atoms with van der Waals surface area (Å²) in [6.45, 7) is 4.43. The molecule has 5 heteroatoms. The second kappa shape index (κ2) is 5.76. The van der Waals surface area contributed by atoms with E-state index in [0.29, 0.717) is 12.0 Å². The topological polar surface area (TPSA) is 24.4 Å². The zero-order valence-corrected chi connectivity index (χ0v) is 13.7. The molecule has 92 valence electrons. The fourth-order valence-electron chi connectivity index (χ4n) is 1.51. The van der Waals surface area contributed by atoms with Gasteiger partial charge < -0.3 is 5.32 Å². The Labute approximate surface area is 123 Å². The summed E-state index contributed by atoms with van der Waals surface area (Å²) in [4.78, 5) is 4.69. The molecule has 0 aliphatic carbocycles. The SMILES string of the molecule is CC(C)C1CSC(Nc2cc(Br)ccc2Br)=N1. The van der Waals surface area contributed by atoms with Crippen molar-refractivity contribution in [3.63, 3.8) is 0 Å². The van der Waals surface area contributed by atoms with Crippen LogP contribution in [0.1, 0.15) is 13.8 Å². The van der Waals surface area contributed by atoms with E-state index in [2.05, 4.69) is 62.1 Å². The lowest BCUT2D eigenvalue weighted by Crippen LogP contribution is -2.12. The van der Waals surface area contributed by atoms with Crippen LogP contribution in [0.3, 0.4) is 0 Å². The number of amidine groups is 1. The van der Waals surface area contributed by atoms with Crippen LogP contribution in [-0.4, -0.2) is 17.0 Å². The van der Waals surface area contributed by atoms with Crippen molar-refractivity contribution >= 4 is 54.5 Å². The van der Waals surface area contributed by atoms with Crippen LogP contribution in [0.2, 0.25) is 0 Å². The van der Waals surface area contributed by atoms with E-state index in [1.807, 2.05) is 12.1 Å². The van der Waals surface area contributed by atoms with Gasteiger partial charge in [0.15, 0.2) is 5.17 Å². The van der Waals surface area contributed by atoms with Crippen molar-refractivity contribution in [2.24, 2.45) is 10.9 Å². The second-order valence-corrected chi connectivity index (χ2v) is 7.08. The Kier molecular flexibility index (Phi) is 4.55. The van der Waals surface area contributed by atoms with Gasteiger partial charge in [0, 0.05) is 14.7 Å². The fraction of sp³-hybridized carbons (Fsp3) is 0.417. The first-order chi connectivity index (χ1) is 8.06. The number of thioether (sulfide) groups is 1. The van der Waals surface area contributed by atoms with Crippen LogP contribution >= 0.6 is 43.6 Å². The van der Waals surface area contributed by atoms with Crippen LogP contribution in [-0.2, 0) is 0 Å². The van der Waals surface area contributed by atoms with E-state index in [0.717, 1.165) is 25.6 Å². The van der Waals surface area contributed by atoms with Crippen molar-refractivity contribution < 1.29 is 0 Å². The van der Waals surface area contributed by atoms with E-state index in [4.69, 9.17) is 0 Å². The highest BCUT2D eigenvalue weighted by molar-refractivity contribution is 9.11. The summed E-state index contributed by atoms with van der Waals surface area (Å²) < 4.78 is 2.12. The Morgan fingerprint density at radius 1 is 1.41 bits per heavy atom. The average Bonchev–Trinajstić information content (AvgIpc) is 2.72. The molecular formula is C12H14Br2N2S. The highest BCUT2D eigenvalue weighted by Crippen LogP contribution is 2.29. The van der Waals surface area contributed by atoms with Gasteiger partial charge in [0.05, 0.1) is 11.7 Å². The van der Waals surface area contributed by atoms with E-state index >= 15 is 0 Å². The average molecular weight is 378 g/mol. The lowest BCUT2D eigenvalue weighted by molar-refractivity contribution is 0.543. The third kappa shape index (κ3) is 3.48. The highest BCUT2D eigenvalue weighted by Gasteiger charge is 2.21. The van der Waals surface area contributed by atoms with Crippen molar-refractivity contribution in [1.82, 2.24) is 0 Å². The van der Waals surface area contributed by atoms with E-state index < -0.39 is 0 Å². The molecule has 17 heavy (non-hydrogen) atoms. The first kappa shape index (κ1) is 13.4. The van der Waals surface area contributed by atoms with Gasteiger partial charge in [-0.3, -0.25) is 4.99 Å². The van der Waals surface area contributed by atoms with Crippen molar-refractivity contribution in [3.8, 4) is 0 Å². The lowest BCUT2D eigenvalue weighted by Gasteiger charge is -2.09. The normalized spacial score (nSPS) is 19.6. The van der Waals surface area contributed by atoms with Crippen LogP contribution in [0.25, 0.3) is 0 Å². The molecule has 2 nitrogen and oxygen atoms in total. The Balaban J connectivity index is 2.11. The van der Waals surface area contributed by atoms with E-state index in [1.54, 1.807) is 11.8 Å². The predicted molar refractivity (Wildman–Crippen MR) is 84.0 cm³/mol. The molecule has 1 unspecified atom stereocenters. The number of halogens is 2. The highest BCUT2D eigenvalue weighted by atomic mass is 79.9. The maximum absolute atomic E-state index is 4.69. The van der Waals surface area contributed by atoms with Gasteiger partial charge in [0.2, 0.25) is 0 Å². The molecule has 0 aromatic heterocycles. The monoisotopic (exact) mass is 376 g/mol. The molecule has 2 rings (SSSR count). The van der Waals surface area contributed by atoms with Gasteiger partial charge >= 0.3 is 0 Å². The minimum absolute atomic E-state index is 0.438. The largest absolute Gasteiger partial charge is 0.334 e. The third-order valence-corrected chi connectivity index (χ3v) is 4.79. The van der Waals surface area contributed by atoms with Crippen LogP contribution in [0.15, 0.2) is 32.1 Å². The fourth-order valence-corrected chi connectivity index (χ4v) is 3.39. The van der Waals surface area contributed by atoms with Crippen molar-refractivity contribution in [2.45, 2.75) is 19.9 Å². The molecule has 1 N–H and O–H groups in total. The summed E-state index contributed by atoms with van der Waals surface area (Å²) in [5.41, 5.74) is 1.05. The molecule has 0 saturated carbocycles. The van der Waals surface area contributed by atoms with Gasteiger partial charge in [0.25, 0.3) is 0 Å². The van der Waals surface area contributed by atoms with Crippen molar-refractivity contribution in [3.05, 3.63) is 27.1 Å². The molecule has 0 saturated heterocycles. The summed E-state index contributed by atoms with van der Waals surface area (Å²) in [6.07, 6.45) is 0. The predicted octanol–water partition coefficient (Wildman–Crippen LogP) is 4.75. The number of anilines is 1. The van der Waals surface area contributed by atoms with Crippen molar-refractivity contribution in [2.75, 3.05) is 11.1 Å². The Hall–Kier alpha value is -0.000000000000000111. The number of nitrogens with one attached hydrogen (secondary N) is 1. The number of nitrogens with zero attached hydrogens (tertiary/aromatic N) is 1. The number of hydrogen-bond acceptors (Lipinski definition) is 3. The minimum atomic E-state index is 0.438. The van der Waals surface area contributed by atoms with E-state index in [1.165, 1.54) is 0 Å². The van der Waals surface area contributed by atoms with Gasteiger partial charge in [-0.25, -0.2) is 0 Å². The zero-order valence-electron chi connectivity index (χ0n) is 9.71. The molecule has 1 aliphatic rings. The van der Waals surface area contributed by atoms with Crippen molar-refractivity contribution in [1.29, 1.82) is 0 Å². The maximum Gasteiger partial charge on any atom is 0.161 e. The number of rotatable bonds is 2. The molecule has 0 radical (unpaired) electrons. The number of hydrogen-bond donors (Lipinski definition) is 1. The van der Waals surface area contributed by atoms with Gasteiger partial charge in [-0.15, -0.1) is 0 Å². The number of aliphatic imine (C=N–C) groups is 1. The first-order valence-electron chi connectivity index (χ1n) is 5.49. The van der Waals surface area contributed by atoms with E-state index in [9.17, 15) is 0 Å². The summed E-state index contributed by atoms with van der Waals surface area (Å²) in [7, 11) is 0. The molecule has 1 aromatic carbocycles. The number of benzene rings is 1. The van der Waals surface area contributed by atoms with Crippen LogP contribution in [0.5, 0.6) is 0 Å². The summed E-state index contributed by atoms with van der Waals surface area (Å²) >= 11 is 8.80. The second-order valence-electron chi connectivity index (χ2n) is 4.31. The van der Waals surface area contributed by atoms with Gasteiger partial charge in [0.1, 0.15) is 0 Å². The summed E-state index contributed by atoms with van der Waals surface area (Å²) in [5, 5.41) is 4.39. The first-order valence-corrected chi connectivity index (χ1v) is 8.06. The quantitative estimate of drug-likeness (QED) is 0.803. The standard InChI is InChI=1S/C12H14Br2N2S/c1-7(2)11-6-17-12(16-11)15-10-5-8(13)3-4-9(10)14/h3-5,7,11H,6H2,1-2H3,(H,15,16). The Morgan fingerprint density at radius 3 is 2.82 bits per heavy atom. The zero-order chi connectivity index (χ0) is 12.4. The van der Waals surface area contributed by atoms with Crippen LogP contribution in [0, 0.1) is 5.92 Å². The minimum Gasteiger partial charge on any atom is -0.334 e. The molecule has 0 amide bonds. The molecule has 1 heterocycles. The molecular weight excluding hydrogens is 364 g/mol. The molecule has 1 aliphatic heterocycles. The van der Waals surface area contributed by atoms with Gasteiger partial charge in [-0.2, -0.15) is 0 Å². The molecule has 1 aromatic rings. The Morgan fingerprint density at radius 2 is 2.18 bits per heavy atom. The molecule has 0 fully saturated rings.